The minimum Gasteiger partial charge on any atom is -0.307 e. The van der Waals surface area contributed by atoms with Crippen molar-refractivity contribution in [1.29, 1.82) is 0 Å². The molecule has 5 rings (SSSR count). The molecule has 0 amide bonds. The number of likely N-dealkylation sites (tertiary alicyclic amines) is 1. The highest BCUT2D eigenvalue weighted by atomic mass is 15.1. The van der Waals surface area contributed by atoms with E-state index in [1.807, 2.05) is 30.6 Å². The fourth-order valence-corrected chi connectivity index (χ4v) is 4.43. The van der Waals surface area contributed by atoms with E-state index >= 15 is 0 Å². The van der Waals surface area contributed by atoms with Gasteiger partial charge in [-0.1, -0.05) is 36.4 Å². The second-order valence-electron chi connectivity index (χ2n) is 8.19. The van der Waals surface area contributed by atoms with E-state index in [1.165, 1.54) is 18.4 Å². The highest BCUT2D eigenvalue weighted by Crippen LogP contribution is 2.25. The normalized spacial score (nSPS) is 15.6. The minimum absolute atomic E-state index is 0.663. The Bertz CT molecular complexity index is 1080. The number of imidazole rings is 1. The summed E-state index contributed by atoms with van der Waals surface area (Å²) in [7, 11) is 0. The Morgan fingerprint density at radius 3 is 2.40 bits per heavy atom. The van der Waals surface area contributed by atoms with E-state index in [4.69, 9.17) is 4.98 Å². The van der Waals surface area contributed by atoms with E-state index in [-0.39, 0.29) is 0 Å². The van der Waals surface area contributed by atoms with Gasteiger partial charge >= 0.3 is 0 Å². The third-order valence-corrected chi connectivity index (χ3v) is 6.06. The Labute approximate surface area is 177 Å². The lowest BCUT2D eigenvalue weighted by Gasteiger charge is -2.32. The van der Waals surface area contributed by atoms with Gasteiger partial charge in [-0.2, -0.15) is 0 Å². The number of hydrogen-bond donors (Lipinski definition) is 0. The van der Waals surface area contributed by atoms with Crippen LogP contribution in [0.1, 0.15) is 29.9 Å². The number of rotatable bonds is 6. The summed E-state index contributed by atoms with van der Waals surface area (Å²) < 4.78 is 2.26. The van der Waals surface area contributed by atoms with Gasteiger partial charge in [0.1, 0.15) is 11.3 Å². The second kappa shape index (κ2) is 8.76. The molecule has 0 unspecified atom stereocenters. The lowest BCUT2D eigenvalue weighted by molar-refractivity contribution is 0.175. The zero-order valence-electron chi connectivity index (χ0n) is 17.2. The zero-order chi connectivity index (χ0) is 20.2. The summed E-state index contributed by atoms with van der Waals surface area (Å²) in [5.74, 6) is 1.80. The maximum absolute atomic E-state index is 4.95. The number of hydrogen-bond acceptors (Lipinski definition) is 4. The van der Waals surface area contributed by atoms with Gasteiger partial charge in [-0.3, -0.25) is 9.88 Å². The van der Waals surface area contributed by atoms with Gasteiger partial charge in [0.25, 0.3) is 0 Å². The van der Waals surface area contributed by atoms with Gasteiger partial charge in [0.15, 0.2) is 5.65 Å². The van der Waals surface area contributed by atoms with Crippen LogP contribution in [0.5, 0.6) is 0 Å². The molecular weight excluding hydrogens is 370 g/mol. The molecule has 3 aromatic heterocycles. The van der Waals surface area contributed by atoms with E-state index < -0.39 is 0 Å². The summed E-state index contributed by atoms with van der Waals surface area (Å²) in [6.45, 7) is 4.07. The van der Waals surface area contributed by atoms with Gasteiger partial charge in [0.2, 0.25) is 0 Å². The van der Waals surface area contributed by atoms with Crippen LogP contribution >= 0.6 is 0 Å². The smallest absolute Gasteiger partial charge is 0.160 e. The first-order valence-corrected chi connectivity index (χ1v) is 10.8. The van der Waals surface area contributed by atoms with Gasteiger partial charge in [-0.25, -0.2) is 9.97 Å². The predicted molar refractivity (Wildman–Crippen MR) is 119 cm³/mol. The van der Waals surface area contributed by atoms with Crippen molar-refractivity contribution in [3.05, 3.63) is 90.1 Å². The Hall–Kier alpha value is -3.05. The van der Waals surface area contributed by atoms with Gasteiger partial charge in [-0.05, 0) is 61.7 Å². The maximum atomic E-state index is 4.95. The fraction of sp³-hybridized carbons (Fsp3) is 0.320. The van der Waals surface area contributed by atoms with Crippen molar-refractivity contribution in [3.8, 4) is 0 Å². The molecule has 1 aliphatic rings. The second-order valence-corrected chi connectivity index (χ2v) is 8.19. The van der Waals surface area contributed by atoms with E-state index in [0.717, 1.165) is 55.3 Å². The molecule has 0 spiro atoms. The lowest BCUT2D eigenvalue weighted by atomic mass is 9.93. The standard InChI is InChI=1S/C25H27N5/c1-2-7-21(8-3-1)18-29-15-11-20(12-16-29)17-24-28-23-10-6-14-27-25(23)30(24)19-22-9-4-5-13-26-22/h1-10,13-14,20H,11-12,15-19H2. The number of nitrogens with zero attached hydrogens (tertiary/aromatic N) is 5. The van der Waals surface area contributed by atoms with Crippen molar-refractivity contribution in [2.24, 2.45) is 5.92 Å². The number of pyridine rings is 2. The van der Waals surface area contributed by atoms with Crippen molar-refractivity contribution >= 4 is 11.2 Å². The van der Waals surface area contributed by atoms with E-state index in [2.05, 4.69) is 61.9 Å². The Morgan fingerprint density at radius 1 is 0.800 bits per heavy atom. The predicted octanol–water partition coefficient (Wildman–Crippen LogP) is 4.33. The van der Waals surface area contributed by atoms with Crippen molar-refractivity contribution in [1.82, 2.24) is 24.4 Å². The minimum atomic E-state index is 0.663. The van der Waals surface area contributed by atoms with E-state index in [0.29, 0.717) is 5.92 Å². The van der Waals surface area contributed by atoms with E-state index in [9.17, 15) is 0 Å². The number of benzene rings is 1. The van der Waals surface area contributed by atoms with Crippen molar-refractivity contribution < 1.29 is 0 Å². The van der Waals surface area contributed by atoms with Crippen LogP contribution in [-0.4, -0.2) is 37.5 Å². The largest absolute Gasteiger partial charge is 0.307 e. The molecule has 5 heteroatoms. The molecule has 30 heavy (non-hydrogen) atoms. The molecule has 0 atom stereocenters. The molecule has 4 heterocycles. The molecule has 0 aliphatic carbocycles. The van der Waals surface area contributed by atoms with Gasteiger partial charge in [-0.15, -0.1) is 0 Å². The van der Waals surface area contributed by atoms with Gasteiger partial charge in [0, 0.05) is 25.4 Å². The monoisotopic (exact) mass is 397 g/mol. The SMILES string of the molecule is c1ccc(CN2CCC(Cc3nc4cccnc4n3Cc3ccccn3)CC2)cc1. The highest BCUT2D eigenvalue weighted by molar-refractivity contribution is 5.71. The van der Waals surface area contributed by atoms with Crippen molar-refractivity contribution in [3.63, 3.8) is 0 Å². The average molecular weight is 398 g/mol. The number of piperidine rings is 1. The van der Waals surface area contributed by atoms with E-state index in [1.54, 1.807) is 0 Å². The molecule has 1 aliphatic heterocycles. The van der Waals surface area contributed by atoms with Crippen LogP contribution < -0.4 is 0 Å². The van der Waals surface area contributed by atoms with Gasteiger partial charge in [0.05, 0.1) is 12.2 Å². The molecule has 0 N–H and O–H groups in total. The van der Waals surface area contributed by atoms with Crippen LogP contribution in [0.15, 0.2) is 73.1 Å². The summed E-state index contributed by atoms with van der Waals surface area (Å²) >= 11 is 0. The molecule has 0 saturated carbocycles. The Morgan fingerprint density at radius 2 is 1.60 bits per heavy atom. The summed E-state index contributed by atoms with van der Waals surface area (Å²) in [6.07, 6.45) is 7.14. The van der Waals surface area contributed by atoms with Gasteiger partial charge < -0.3 is 4.57 Å². The van der Waals surface area contributed by atoms with Crippen molar-refractivity contribution in [2.45, 2.75) is 32.4 Å². The van der Waals surface area contributed by atoms with Crippen LogP contribution in [0.4, 0.5) is 0 Å². The molecule has 152 valence electrons. The molecule has 5 nitrogen and oxygen atoms in total. The van der Waals surface area contributed by atoms with Crippen LogP contribution in [0.2, 0.25) is 0 Å². The number of fused-ring (bicyclic) bond motifs is 1. The van der Waals surface area contributed by atoms with Crippen LogP contribution in [0.3, 0.4) is 0 Å². The first-order chi connectivity index (χ1) is 14.8. The fourth-order valence-electron chi connectivity index (χ4n) is 4.43. The maximum Gasteiger partial charge on any atom is 0.160 e. The van der Waals surface area contributed by atoms with Crippen LogP contribution in [-0.2, 0) is 19.5 Å². The summed E-state index contributed by atoms with van der Waals surface area (Å²) in [5, 5.41) is 0. The summed E-state index contributed by atoms with van der Waals surface area (Å²) in [5.41, 5.74) is 4.38. The first-order valence-electron chi connectivity index (χ1n) is 10.8. The molecular formula is C25H27N5. The Kier molecular flexibility index (Phi) is 5.53. The highest BCUT2D eigenvalue weighted by Gasteiger charge is 2.22. The quantitative estimate of drug-likeness (QED) is 0.486. The lowest BCUT2D eigenvalue weighted by Crippen LogP contribution is -2.34. The summed E-state index contributed by atoms with van der Waals surface area (Å²) in [6, 6.07) is 20.9. The molecule has 1 aromatic carbocycles. The first kappa shape index (κ1) is 18.9. The Balaban J connectivity index is 1.29. The third-order valence-electron chi connectivity index (χ3n) is 6.06. The van der Waals surface area contributed by atoms with Crippen LogP contribution in [0.25, 0.3) is 11.2 Å². The van der Waals surface area contributed by atoms with Crippen LogP contribution in [0, 0.1) is 5.92 Å². The average Bonchev–Trinajstić information content (AvgIpc) is 3.13. The molecule has 4 aromatic rings. The molecule has 0 radical (unpaired) electrons. The summed E-state index contributed by atoms with van der Waals surface area (Å²) in [4.78, 5) is 16.7. The molecule has 0 bridgehead atoms. The molecule has 1 saturated heterocycles. The zero-order valence-corrected chi connectivity index (χ0v) is 17.2. The molecule has 1 fully saturated rings. The topological polar surface area (TPSA) is 46.8 Å². The number of aromatic nitrogens is 4. The third kappa shape index (κ3) is 4.26. The van der Waals surface area contributed by atoms with Crippen molar-refractivity contribution in [2.75, 3.05) is 13.1 Å².